The molecule has 0 saturated heterocycles. The van der Waals surface area contributed by atoms with Crippen LogP contribution in [0.25, 0.3) is 55.6 Å². The van der Waals surface area contributed by atoms with Gasteiger partial charge < -0.3 is 14.4 Å². The van der Waals surface area contributed by atoms with Crippen LogP contribution in [0.4, 0.5) is 0 Å². The van der Waals surface area contributed by atoms with Crippen LogP contribution in [-0.4, -0.2) is 18.0 Å². The minimum Gasteiger partial charge on any atom is -0.501 e. The van der Waals surface area contributed by atoms with Gasteiger partial charge in [0.25, 0.3) is 0 Å². The van der Waals surface area contributed by atoms with Gasteiger partial charge in [-0.3, -0.25) is 0 Å². The zero-order valence-electron chi connectivity index (χ0n) is 40.0. The van der Waals surface area contributed by atoms with Gasteiger partial charge in [-0.1, -0.05) is 148 Å². The Morgan fingerprint density at radius 3 is 2.41 bits per heavy atom. The second-order valence-electron chi connectivity index (χ2n) is 16.0. The fraction of sp³-hybridized carbons (Fsp3) is 0.333. The van der Waals surface area contributed by atoms with E-state index in [9.17, 15) is 0 Å². The molecule has 0 aliphatic heterocycles. The molecule has 1 fully saturated rings. The van der Waals surface area contributed by atoms with Gasteiger partial charge in [0.15, 0.2) is 0 Å². The molecule has 3 nitrogen and oxygen atoms in total. The molecule has 0 bridgehead atoms. The molecule has 289 valence electrons. The summed E-state index contributed by atoms with van der Waals surface area (Å²) in [7, 11) is -1.74. The Morgan fingerprint density at radius 1 is 0.857 bits per heavy atom. The van der Waals surface area contributed by atoms with Crippen LogP contribution in [0.1, 0.15) is 96.5 Å². The summed E-state index contributed by atoms with van der Waals surface area (Å²) in [5, 5.41) is 2.95. The second kappa shape index (κ2) is 17.5. The molecule has 3 heterocycles. The molecule has 1 saturated carbocycles. The van der Waals surface area contributed by atoms with Crippen molar-refractivity contribution in [2.75, 3.05) is 0 Å². The maximum Gasteiger partial charge on any atom is 0.121 e. The van der Waals surface area contributed by atoms with Gasteiger partial charge in [-0.2, -0.15) is 0 Å². The molecule has 9 rings (SSSR count). The normalized spacial score (nSPS) is 19.1. The summed E-state index contributed by atoms with van der Waals surface area (Å²) < 4.78 is 66.7. The molecule has 0 amide bonds. The van der Waals surface area contributed by atoms with E-state index in [0.29, 0.717) is 28.0 Å². The first-order valence-corrected chi connectivity index (χ1v) is 23.3. The molecule has 56 heavy (non-hydrogen) atoms. The third-order valence-electron chi connectivity index (χ3n) is 10.6. The number of nitrogens with zero attached hydrogens (tertiary/aromatic N) is 2. The Kier molecular flexibility index (Phi) is 9.99. The van der Waals surface area contributed by atoms with Crippen molar-refractivity contribution < 1.29 is 34.1 Å². The molecule has 0 spiro atoms. The first kappa shape index (κ1) is 31.9. The molecule has 4 aromatic carbocycles. The van der Waals surface area contributed by atoms with Crippen molar-refractivity contribution in [1.82, 2.24) is 9.97 Å². The monoisotopic (exact) mass is 938 g/mol. The van der Waals surface area contributed by atoms with Crippen LogP contribution in [0.5, 0.6) is 0 Å². The van der Waals surface area contributed by atoms with Crippen LogP contribution in [0.3, 0.4) is 0 Å². The third kappa shape index (κ3) is 8.71. The maximum absolute atomic E-state index is 8.82. The summed E-state index contributed by atoms with van der Waals surface area (Å²) in [5.41, 5.74) is 8.53. The van der Waals surface area contributed by atoms with E-state index in [1.807, 2.05) is 74.6 Å². The standard InChI is InChI=1S/C27H20NO.C24H34NSi.Ir/c1-2-7-18(8-3-1)20-13-14-22-23-11-6-12-24(27(23)29-25(22)17-20)26-21-10-5-4-9-19(21)15-16-28-26;1-18(2)15-22-16-23(25-17-24(22)26(3,4)5)21-13-11-20(12-14-21)19-9-7-6-8-10-19;/h1-3,6-8,11,13-17H,4-5,9-10H2;11-13,16-19H,6-10,15H2,1-5H3;/q2*-1;/i9D2,10D2;15D2,19D;. The molecule has 7 aromatic rings. The summed E-state index contributed by atoms with van der Waals surface area (Å²) in [6.07, 6.45) is 4.30. The van der Waals surface area contributed by atoms with Crippen molar-refractivity contribution in [3.05, 3.63) is 138 Å². The van der Waals surface area contributed by atoms with E-state index < -0.39 is 33.1 Å². The van der Waals surface area contributed by atoms with E-state index in [-0.39, 0.29) is 38.9 Å². The van der Waals surface area contributed by atoms with E-state index in [1.54, 1.807) is 18.3 Å². The summed E-state index contributed by atoms with van der Waals surface area (Å²) in [5.74, 6) is -0.600. The first-order chi connectivity index (χ1) is 29.3. The average Bonchev–Trinajstić information content (AvgIpc) is 3.64. The number of hydrogen-bond acceptors (Lipinski definition) is 3. The average molecular weight is 938 g/mol. The van der Waals surface area contributed by atoms with Gasteiger partial charge in [-0.05, 0) is 77.7 Å². The van der Waals surface area contributed by atoms with E-state index in [4.69, 9.17) is 19.0 Å². The molecule has 0 unspecified atom stereocenters. The van der Waals surface area contributed by atoms with Crippen LogP contribution in [0.15, 0.2) is 108 Å². The minimum atomic E-state index is -1.74. The SMILES string of the molecule is [2H]C1([2H])CCC([2H])([2H])c2c1ccnc2-c1[c-]ccc2c1oc1cc(-c3ccccc3)ccc12.[2H]C1(c2c[c-]c(-c3cc(C([2H])([2H])C(C)C)c([Si](C)(C)C)cn3)cc2)CCCCC1.[Ir]. The molecule has 1 radical (unpaired) electrons. The van der Waals surface area contributed by atoms with Crippen LogP contribution < -0.4 is 5.19 Å². The number of furan rings is 1. The second-order valence-corrected chi connectivity index (χ2v) is 21.1. The number of fused-ring (bicyclic) bond motifs is 4. The van der Waals surface area contributed by atoms with E-state index in [1.165, 1.54) is 6.42 Å². The molecule has 0 N–H and O–H groups in total. The number of aryl methyl sites for hydroxylation is 1. The summed E-state index contributed by atoms with van der Waals surface area (Å²) in [6, 6.07) is 36.1. The largest absolute Gasteiger partial charge is 0.501 e. The number of pyridine rings is 2. The molecule has 3 aromatic heterocycles. The number of hydrogen-bond donors (Lipinski definition) is 0. The van der Waals surface area contributed by atoms with Gasteiger partial charge >= 0.3 is 0 Å². The molecule has 0 atom stereocenters. The number of benzene rings is 4. The van der Waals surface area contributed by atoms with Gasteiger partial charge in [-0.25, -0.2) is 0 Å². The predicted molar refractivity (Wildman–Crippen MR) is 234 cm³/mol. The topological polar surface area (TPSA) is 38.9 Å². The van der Waals surface area contributed by atoms with Gasteiger partial charge in [-0.15, -0.1) is 53.6 Å². The summed E-state index contributed by atoms with van der Waals surface area (Å²) in [4.78, 5) is 9.21. The molecular weight excluding hydrogens is 877 g/mol. The summed E-state index contributed by atoms with van der Waals surface area (Å²) in [6.45, 7) is 10.6. The van der Waals surface area contributed by atoms with Crippen LogP contribution in [-0.2, 0) is 39.2 Å². The van der Waals surface area contributed by atoms with Crippen LogP contribution in [0.2, 0.25) is 19.6 Å². The van der Waals surface area contributed by atoms with Gasteiger partial charge in [0, 0.05) is 47.5 Å². The van der Waals surface area contributed by atoms with Crippen molar-refractivity contribution >= 4 is 35.2 Å². The molecule has 5 heteroatoms. The summed E-state index contributed by atoms with van der Waals surface area (Å²) >= 11 is 0. The Labute approximate surface area is 358 Å². The van der Waals surface area contributed by atoms with Crippen molar-refractivity contribution in [2.24, 2.45) is 5.92 Å². The molecular formula is C51H54IrN2OSi-2. The Bertz CT molecular complexity index is 2740. The van der Waals surface area contributed by atoms with Crippen molar-refractivity contribution in [1.29, 1.82) is 0 Å². The van der Waals surface area contributed by atoms with Gasteiger partial charge in [0.2, 0.25) is 0 Å². The fourth-order valence-electron chi connectivity index (χ4n) is 7.79. The zero-order chi connectivity index (χ0) is 44.2. The Morgan fingerprint density at radius 2 is 1.66 bits per heavy atom. The Balaban J connectivity index is 0.000000188. The Hall–Kier alpha value is -4.15. The maximum atomic E-state index is 8.82. The molecule has 2 aliphatic carbocycles. The van der Waals surface area contributed by atoms with E-state index >= 15 is 0 Å². The number of aromatic nitrogens is 2. The molecule has 2 aliphatic rings. The quantitative estimate of drug-likeness (QED) is 0.118. The smallest absolute Gasteiger partial charge is 0.121 e. The zero-order valence-corrected chi connectivity index (χ0v) is 36.4. The number of rotatable bonds is 7. The van der Waals surface area contributed by atoms with Crippen LogP contribution >= 0.6 is 0 Å². The minimum absolute atomic E-state index is 0. The van der Waals surface area contributed by atoms with Crippen molar-refractivity contribution in [3.8, 4) is 33.6 Å². The third-order valence-corrected chi connectivity index (χ3v) is 12.6. The predicted octanol–water partition coefficient (Wildman–Crippen LogP) is 13.3. The van der Waals surface area contributed by atoms with E-state index in [0.717, 1.165) is 80.7 Å². The fourth-order valence-corrected chi connectivity index (χ4v) is 9.20. The van der Waals surface area contributed by atoms with Gasteiger partial charge in [0.05, 0.1) is 13.7 Å². The first-order valence-electron chi connectivity index (χ1n) is 23.3. The van der Waals surface area contributed by atoms with Crippen molar-refractivity contribution in [3.63, 3.8) is 0 Å². The van der Waals surface area contributed by atoms with E-state index in [2.05, 4.69) is 61.0 Å². The van der Waals surface area contributed by atoms with Crippen LogP contribution in [0, 0.1) is 18.1 Å². The van der Waals surface area contributed by atoms with Gasteiger partial charge in [0.1, 0.15) is 5.58 Å². The van der Waals surface area contributed by atoms with Crippen molar-refractivity contribution in [2.45, 2.75) is 103 Å².